The summed E-state index contributed by atoms with van der Waals surface area (Å²) >= 11 is 0. The van der Waals surface area contributed by atoms with Crippen molar-refractivity contribution in [2.75, 3.05) is 13.2 Å². The number of oxime groups is 1. The van der Waals surface area contributed by atoms with Crippen LogP contribution in [0, 0.1) is 34.5 Å². The zero-order valence-corrected chi connectivity index (χ0v) is 32.2. The summed E-state index contributed by atoms with van der Waals surface area (Å²) in [5.74, 6) is 2.84. The molecule has 0 aliphatic heterocycles. The second-order valence-corrected chi connectivity index (χ2v) is 16.3. The van der Waals surface area contributed by atoms with Crippen LogP contribution in [-0.4, -0.2) is 51.6 Å². The largest absolute Gasteiger partial charge is 0.388 e. The molecule has 1 fully saturated rings. The smallest absolute Gasteiger partial charge is 0.178 e. The van der Waals surface area contributed by atoms with Gasteiger partial charge in [-0.15, -0.1) is 5.10 Å². The van der Waals surface area contributed by atoms with Crippen molar-refractivity contribution in [2.24, 2.45) is 39.7 Å². The van der Waals surface area contributed by atoms with Gasteiger partial charge in [0.25, 0.3) is 0 Å². The van der Waals surface area contributed by atoms with E-state index in [0.717, 1.165) is 61.4 Å². The van der Waals surface area contributed by atoms with Gasteiger partial charge in [0, 0.05) is 24.3 Å². The van der Waals surface area contributed by atoms with E-state index in [1.165, 1.54) is 44.2 Å². The van der Waals surface area contributed by atoms with E-state index in [1.807, 2.05) is 46.2 Å². The van der Waals surface area contributed by atoms with Crippen molar-refractivity contribution >= 4 is 30.8 Å². The lowest BCUT2D eigenvalue weighted by molar-refractivity contribution is -0.131. The number of hydrogen-bond acceptors (Lipinski definition) is 7. The number of carbonyl (C=O) groups is 2. The van der Waals surface area contributed by atoms with Gasteiger partial charge >= 0.3 is 0 Å². The number of fused-ring (bicyclic) bond motifs is 2. The monoisotopic (exact) mass is 664 g/mol. The maximum atomic E-state index is 11.9. The molecule has 3 rings (SSSR count). The lowest BCUT2D eigenvalue weighted by Gasteiger charge is -2.17. The third-order valence-electron chi connectivity index (χ3n) is 9.16. The maximum Gasteiger partial charge on any atom is 0.178 e. The van der Waals surface area contributed by atoms with Crippen LogP contribution in [-0.2, 0) is 38.5 Å². The van der Waals surface area contributed by atoms with E-state index in [0.29, 0.717) is 30.3 Å². The number of unbranched alkanes of at least 4 members (excludes halogenated alkanes) is 3. The molecule has 0 radical (unpaired) electrons. The first-order chi connectivity index (χ1) is 21.0. The fraction of sp³-hybridized carbons (Fsp3) is 0.865. The Kier molecular flexibility index (Phi) is 18.3. The van der Waals surface area contributed by atoms with Crippen molar-refractivity contribution < 1.29 is 19.2 Å². The molecule has 0 amide bonds. The van der Waals surface area contributed by atoms with Crippen molar-refractivity contribution in [3.8, 4) is 0 Å². The van der Waals surface area contributed by atoms with Crippen LogP contribution in [0.3, 0.4) is 0 Å². The normalized spacial score (nSPS) is 19.7. The van der Waals surface area contributed by atoms with E-state index in [4.69, 9.17) is 9.57 Å². The molecule has 0 N–H and O–H groups in total. The van der Waals surface area contributed by atoms with E-state index in [2.05, 4.69) is 50.1 Å². The van der Waals surface area contributed by atoms with E-state index in [1.54, 1.807) is 0 Å². The van der Waals surface area contributed by atoms with Crippen LogP contribution in [0.5, 0.6) is 0 Å². The summed E-state index contributed by atoms with van der Waals surface area (Å²) in [6, 6.07) is 0. The highest BCUT2D eigenvalue weighted by Crippen LogP contribution is 2.53. The molecule has 1 aromatic rings. The van der Waals surface area contributed by atoms with Crippen LogP contribution in [0.1, 0.15) is 145 Å². The molecule has 1 heterocycles. The molecule has 0 aromatic carbocycles. The van der Waals surface area contributed by atoms with Crippen molar-refractivity contribution in [1.82, 2.24) is 15.0 Å². The molecule has 0 saturated heterocycles. The van der Waals surface area contributed by atoms with E-state index >= 15 is 0 Å². The predicted octanol–water partition coefficient (Wildman–Crippen LogP) is 8.55. The average molecular weight is 665 g/mol. The third kappa shape index (κ3) is 15.9. The Morgan fingerprint density at radius 1 is 0.935 bits per heavy atom. The lowest BCUT2D eigenvalue weighted by Crippen LogP contribution is -2.24. The highest BCUT2D eigenvalue weighted by Gasteiger charge is 2.49. The Morgan fingerprint density at radius 3 is 2.15 bits per heavy atom. The Morgan fingerprint density at radius 2 is 1.57 bits per heavy atom. The molecule has 2 aliphatic rings. The zero-order valence-electron chi connectivity index (χ0n) is 31.2. The number of hydrogen-bond donors (Lipinski definition) is 0. The van der Waals surface area contributed by atoms with Gasteiger partial charge in [-0.3, -0.25) is 9.59 Å². The third-order valence-corrected chi connectivity index (χ3v) is 9.16. The van der Waals surface area contributed by atoms with Crippen LogP contribution < -0.4 is 0 Å². The quantitative estimate of drug-likeness (QED) is 0.0998. The number of aryl methyl sites for hydroxylation is 2. The number of ketones is 2. The summed E-state index contributed by atoms with van der Waals surface area (Å²) in [4.78, 5) is 28.7. The Balaban J connectivity index is 0.000000456. The van der Waals surface area contributed by atoms with E-state index in [-0.39, 0.29) is 37.2 Å². The van der Waals surface area contributed by atoms with Crippen molar-refractivity contribution in [2.45, 2.75) is 159 Å². The van der Waals surface area contributed by atoms with Crippen LogP contribution in [0.4, 0.5) is 0 Å². The summed E-state index contributed by atoms with van der Waals surface area (Å²) in [6.45, 7) is 24.3. The first-order valence-corrected chi connectivity index (χ1v) is 17.7. The van der Waals surface area contributed by atoms with E-state index in [9.17, 15) is 9.59 Å². The fourth-order valence-corrected chi connectivity index (χ4v) is 5.91. The lowest BCUT2D eigenvalue weighted by atomic mass is 9.89. The van der Waals surface area contributed by atoms with Gasteiger partial charge in [-0.1, -0.05) is 85.0 Å². The van der Waals surface area contributed by atoms with Gasteiger partial charge in [-0.05, 0) is 88.9 Å². The topological polar surface area (TPSA) is 95.7 Å². The second kappa shape index (κ2) is 19.9. The molecule has 0 unspecified atom stereocenters. The molecule has 1 aromatic heterocycles. The van der Waals surface area contributed by atoms with Crippen LogP contribution in [0.2, 0.25) is 0 Å². The van der Waals surface area contributed by atoms with Gasteiger partial charge in [0.05, 0.1) is 29.8 Å². The van der Waals surface area contributed by atoms with Gasteiger partial charge in [-0.2, -0.15) is 13.5 Å². The SMILES string of the molecule is C/C(CCCCCCC(C)(C)C)=N\OCC(=O)C(C)(C)C.CC(C)OC[C@H]1[C@@H]2CCc3nnn(CCC(=O)C(C)C)c3CC[C@@H]21.S. The number of nitrogens with zero attached hydrogens (tertiary/aromatic N) is 4. The van der Waals surface area contributed by atoms with Gasteiger partial charge in [-0.25, -0.2) is 4.68 Å². The maximum absolute atomic E-state index is 11.9. The minimum atomic E-state index is -0.351. The summed E-state index contributed by atoms with van der Waals surface area (Å²) in [5.41, 5.74) is 3.50. The number of ether oxygens (including phenoxy) is 1. The summed E-state index contributed by atoms with van der Waals surface area (Å²) in [6.07, 6.45) is 12.6. The molecule has 3 atom stereocenters. The fourth-order valence-electron chi connectivity index (χ4n) is 5.91. The number of rotatable bonds is 16. The highest BCUT2D eigenvalue weighted by atomic mass is 32.1. The highest BCUT2D eigenvalue weighted by molar-refractivity contribution is 7.59. The predicted molar refractivity (Wildman–Crippen MR) is 194 cm³/mol. The van der Waals surface area contributed by atoms with Crippen molar-refractivity contribution in [1.29, 1.82) is 0 Å². The molecular weight excluding hydrogens is 596 g/mol. The number of Topliss-reactive ketones (excluding diaryl/α,β-unsaturated/α-hetero) is 2. The van der Waals surface area contributed by atoms with Gasteiger partial charge in [0.2, 0.25) is 0 Å². The minimum absolute atomic E-state index is 0. The summed E-state index contributed by atoms with van der Waals surface area (Å²) < 4.78 is 7.82. The molecule has 266 valence electrons. The van der Waals surface area contributed by atoms with Crippen molar-refractivity contribution in [3.63, 3.8) is 0 Å². The standard InChI is InChI=1S/C19H31N3O2.C18H35NO2.H2S/c1-12(2)19(23)9-10-22-18-8-6-15-14(5-7-17(18)20-21-22)16(15)11-24-13(3)4;1-15(19-21-14-16(20)18(5,6)7)12-10-8-9-11-13-17(2,3)4;/h12-16H,5-11H2,1-4H3;8-14H2,1-7H3;1H2/b;19-15+;/t14-,15+,16+;;/m1../s1. The molecule has 2 aliphatic carbocycles. The van der Waals surface area contributed by atoms with Crippen LogP contribution >= 0.6 is 13.5 Å². The van der Waals surface area contributed by atoms with Gasteiger partial charge < -0.3 is 9.57 Å². The Bertz CT molecular complexity index is 1080. The Hall–Kier alpha value is -1.74. The molecule has 8 nitrogen and oxygen atoms in total. The number of carbonyl (C=O) groups excluding carboxylic acids is 2. The molecule has 1 saturated carbocycles. The van der Waals surface area contributed by atoms with E-state index < -0.39 is 0 Å². The first-order valence-electron chi connectivity index (χ1n) is 17.7. The molecular formula is C37H68N4O4S. The minimum Gasteiger partial charge on any atom is -0.388 e. The van der Waals surface area contributed by atoms with Crippen LogP contribution in [0.25, 0.3) is 0 Å². The molecule has 9 heteroatoms. The number of aromatic nitrogens is 3. The molecule has 46 heavy (non-hydrogen) atoms. The second-order valence-electron chi connectivity index (χ2n) is 16.3. The molecule has 0 spiro atoms. The first kappa shape index (κ1) is 42.3. The summed E-state index contributed by atoms with van der Waals surface area (Å²) in [5, 5.41) is 12.8. The molecule has 0 bridgehead atoms. The van der Waals surface area contributed by atoms with Crippen molar-refractivity contribution in [3.05, 3.63) is 11.4 Å². The van der Waals surface area contributed by atoms with Gasteiger partial charge in [0.1, 0.15) is 5.78 Å². The zero-order chi connectivity index (χ0) is 33.8. The Labute approximate surface area is 288 Å². The van der Waals surface area contributed by atoms with Crippen LogP contribution in [0.15, 0.2) is 5.16 Å². The summed E-state index contributed by atoms with van der Waals surface area (Å²) in [7, 11) is 0. The average Bonchev–Trinajstić information content (AvgIpc) is 3.44. The van der Waals surface area contributed by atoms with Gasteiger partial charge in [0.15, 0.2) is 12.4 Å².